The SMILES string of the molecule is OCCCc1nc2ncccn2n1. The van der Waals surface area contributed by atoms with Gasteiger partial charge in [0.25, 0.3) is 5.78 Å². The van der Waals surface area contributed by atoms with E-state index in [1.807, 2.05) is 0 Å². The highest BCUT2D eigenvalue weighted by molar-refractivity contribution is 5.24. The van der Waals surface area contributed by atoms with E-state index in [0.29, 0.717) is 18.6 Å². The lowest BCUT2D eigenvalue weighted by Gasteiger charge is -1.88. The predicted molar refractivity (Wildman–Crippen MR) is 46.2 cm³/mol. The lowest BCUT2D eigenvalue weighted by Crippen LogP contribution is -1.92. The molecule has 2 heterocycles. The number of hydrogen-bond acceptors (Lipinski definition) is 4. The smallest absolute Gasteiger partial charge is 0.252 e. The average Bonchev–Trinajstić information content (AvgIpc) is 2.57. The van der Waals surface area contributed by atoms with Gasteiger partial charge in [0.05, 0.1) is 0 Å². The first-order valence-corrected chi connectivity index (χ1v) is 4.17. The zero-order chi connectivity index (χ0) is 9.10. The van der Waals surface area contributed by atoms with E-state index < -0.39 is 0 Å². The molecule has 5 nitrogen and oxygen atoms in total. The highest BCUT2D eigenvalue weighted by atomic mass is 16.2. The van der Waals surface area contributed by atoms with Gasteiger partial charge in [-0.15, -0.1) is 5.10 Å². The van der Waals surface area contributed by atoms with Crippen molar-refractivity contribution < 1.29 is 5.11 Å². The van der Waals surface area contributed by atoms with Gasteiger partial charge >= 0.3 is 0 Å². The summed E-state index contributed by atoms with van der Waals surface area (Å²) in [4.78, 5) is 8.22. The van der Waals surface area contributed by atoms with Crippen molar-refractivity contribution in [2.24, 2.45) is 0 Å². The van der Waals surface area contributed by atoms with E-state index in [2.05, 4.69) is 15.1 Å². The quantitative estimate of drug-likeness (QED) is 0.721. The third-order valence-corrected chi connectivity index (χ3v) is 1.72. The minimum absolute atomic E-state index is 0.170. The van der Waals surface area contributed by atoms with Crippen molar-refractivity contribution in [3.8, 4) is 0 Å². The zero-order valence-corrected chi connectivity index (χ0v) is 7.09. The van der Waals surface area contributed by atoms with E-state index in [9.17, 15) is 0 Å². The highest BCUT2D eigenvalue weighted by Crippen LogP contribution is 1.99. The molecule has 0 fully saturated rings. The van der Waals surface area contributed by atoms with Crippen LogP contribution in [0.4, 0.5) is 0 Å². The highest BCUT2D eigenvalue weighted by Gasteiger charge is 2.02. The van der Waals surface area contributed by atoms with Crippen molar-refractivity contribution in [3.05, 3.63) is 24.3 Å². The first-order chi connectivity index (χ1) is 6.40. The summed E-state index contributed by atoms with van der Waals surface area (Å²) in [5, 5.41) is 12.8. The van der Waals surface area contributed by atoms with E-state index in [1.165, 1.54) is 0 Å². The summed E-state index contributed by atoms with van der Waals surface area (Å²) in [7, 11) is 0. The first kappa shape index (κ1) is 8.12. The van der Waals surface area contributed by atoms with Crippen LogP contribution in [0.5, 0.6) is 0 Å². The van der Waals surface area contributed by atoms with Crippen molar-refractivity contribution in [2.45, 2.75) is 12.8 Å². The largest absolute Gasteiger partial charge is 0.396 e. The van der Waals surface area contributed by atoms with Gasteiger partial charge in [0.15, 0.2) is 5.82 Å². The third-order valence-electron chi connectivity index (χ3n) is 1.72. The second kappa shape index (κ2) is 3.49. The molecule has 0 saturated heterocycles. The summed E-state index contributed by atoms with van der Waals surface area (Å²) in [5.74, 6) is 1.34. The Kier molecular flexibility index (Phi) is 2.18. The lowest BCUT2D eigenvalue weighted by molar-refractivity contribution is 0.287. The van der Waals surface area contributed by atoms with Crippen LogP contribution < -0.4 is 0 Å². The number of aryl methyl sites for hydroxylation is 1. The van der Waals surface area contributed by atoms with Gasteiger partial charge in [-0.05, 0) is 12.5 Å². The molecule has 5 heteroatoms. The summed E-state index contributed by atoms with van der Waals surface area (Å²) in [6.07, 6.45) is 4.87. The Balaban J connectivity index is 2.28. The molecule has 0 spiro atoms. The Labute approximate surface area is 75.1 Å². The average molecular weight is 178 g/mol. The summed E-state index contributed by atoms with van der Waals surface area (Å²) in [5.41, 5.74) is 0. The molecular formula is C8H10N4O. The summed E-state index contributed by atoms with van der Waals surface area (Å²) in [6.45, 7) is 0.170. The number of nitrogens with zero attached hydrogens (tertiary/aromatic N) is 4. The molecule has 0 unspecified atom stereocenters. The number of aliphatic hydroxyl groups is 1. The molecule has 0 aromatic carbocycles. The maximum absolute atomic E-state index is 8.62. The number of fused-ring (bicyclic) bond motifs is 1. The van der Waals surface area contributed by atoms with Crippen LogP contribution >= 0.6 is 0 Å². The molecule has 0 aliphatic rings. The predicted octanol–water partition coefficient (Wildman–Crippen LogP) is 0.0492. The lowest BCUT2D eigenvalue weighted by atomic mass is 10.3. The maximum atomic E-state index is 8.62. The minimum Gasteiger partial charge on any atom is -0.396 e. The van der Waals surface area contributed by atoms with E-state index in [1.54, 1.807) is 23.0 Å². The second-order valence-electron chi connectivity index (χ2n) is 2.72. The summed E-state index contributed by atoms with van der Waals surface area (Å²) in [6, 6.07) is 1.80. The standard InChI is InChI=1S/C8H10N4O/c13-6-1-3-7-10-8-9-4-2-5-12(8)11-7/h2,4-5,13H,1,3,6H2. The monoisotopic (exact) mass is 178 g/mol. The zero-order valence-electron chi connectivity index (χ0n) is 7.09. The van der Waals surface area contributed by atoms with Gasteiger partial charge in [0.1, 0.15) is 0 Å². The number of hydrogen-bond donors (Lipinski definition) is 1. The van der Waals surface area contributed by atoms with Gasteiger partial charge < -0.3 is 5.11 Å². The molecule has 0 radical (unpaired) electrons. The molecule has 0 amide bonds. The molecule has 1 N–H and O–H groups in total. The van der Waals surface area contributed by atoms with Crippen LogP contribution in [0, 0.1) is 0 Å². The Hall–Kier alpha value is -1.49. The summed E-state index contributed by atoms with van der Waals surface area (Å²) >= 11 is 0. The van der Waals surface area contributed by atoms with Gasteiger partial charge in [-0.3, -0.25) is 0 Å². The fourth-order valence-corrected chi connectivity index (χ4v) is 1.12. The van der Waals surface area contributed by atoms with Gasteiger partial charge in [-0.2, -0.15) is 4.98 Å². The minimum atomic E-state index is 0.170. The third kappa shape index (κ3) is 1.65. The number of aromatic nitrogens is 4. The molecule has 2 aromatic rings. The van der Waals surface area contributed by atoms with Crippen molar-refractivity contribution >= 4 is 5.78 Å². The Bertz CT molecular complexity index is 365. The van der Waals surface area contributed by atoms with Crippen LogP contribution in [0.1, 0.15) is 12.2 Å². The fourth-order valence-electron chi connectivity index (χ4n) is 1.12. The van der Waals surface area contributed by atoms with E-state index in [0.717, 1.165) is 5.82 Å². The molecule has 68 valence electrons. The van der Waals surface area contributed by atoms with Gasteiger partial charge in [-0.1, -0.05) is 0 Å². The number of aliphatic hydroxyl groups excluding tert-OH is 1. The van der Waals surface area contributed by atoms with E-state index in [4.69, 9.17) is 5.11 Å². The molecule has 0 bridgehead atoms. The molecule has 0 aliphatic carbocycles. The van der Waals surface area contributed by atoms with Gasteiger partial charge in [-0.25, -0.2) is 9.50 Å². The van der Waals surface area contributed by atoms with Crippen LogP contribution in [0.2, 0.25) is 0 Å². The maximum Gasteiger partial charge on any atom is 0.252 e. The van der Waals surface area contributed by atoms with Crippen molar-refractivity contribution in [3.63, 3.8) is 0 Å². The second-order valence-corrected chi connectivity index (χ2v) is 2.72. The van der Waals surface area contributed by atoms with E-state index in [-0.39, 0.29) is 6.61 Å². The molecular weight excluding hydrogens is 168 g/mol. The van der Waals surface area contributed by atoms with Crippen molar-refractivity contribution in [1.82, 2.24) is 19.6 Å². The van der Waals surface area contributed by atoms with Crippen LogP contribution in [0.25, 0.3) is 5.78 Å². The molecule has 0 atom stereocenters. The molecule has 0 aliphatic heterocycles. The molecule has 2 aromatic heterocycles. The molecule has 2 rings (SSSR count). The van der Waals surface area contributed by atoms with Gasteiger partial charge in [0.2, 0.25) is 0 Å². The van der Waals surface area contributed by atoms with Gasteiger partial charge in [0, 0.05) is 25.4 Å². The Morgan fingerprint density at radius 2 is 2.38 bits per heavy atom. The van der Waals surface area contributed by atoms with Crippen LogP contribution in [-0.4, -0.2) is 31.3 Å². The molecule has 0 saturated carbocycles. The fraction of sp³-hybridized carbons (Fsp3) is 0.375. The molecule has 13 heavy (non-hydrogen) atoms. The van der Waals surface area contributed by atoms with E-state index >= 15 is 0 Å². The van der Waals surface area contributed by atoms with Crippen molar-refractivity contribution in [2.75, 3.05) is 6.61 Å². The topological polar surface area (TPSA) is 63.3 Å². The first-order valence-electron chi connectivity index (χ1n) is 4.17. The Morgan fingerprint density at radius 3 is 3.15 bits per heavy atom. The summed E-state index contributed by atoms with van der Waals surface area (Å²) < 4.78 is 1.63. The number of rotatable bonds is 3. The normalized spacial score (nSPS) is 10.8. The Morgan fingerprint density at radius 1 is 1.46 bits per heavy atom. The van der Waals surface area contributed by atoms with Crippen LogP contribution in [0.3, 0.4) is 0 Å². The van der Waals surface area contributed by atoms with Crippen LogP contribution in [-0.2, 0) is 6.42 Å². The van der Waals surface area contributed by atoms with Crippen molar-refractivity contribution in [1.29, 1.82) is 0 Å². The van der Waals surface area contributed by atoms with Crippen LogP contribution in [0.15, 0.2) is 18.5 Å².